The van der Waals surface area contributed by atoms with Crippen LogP contribution in [0.25, 0.3) is 21.9 Å². The molecule has 0 aromatic heterocycles. The van der Waals surface area contributed by atoms with Gasteiger partial charge in [0, 0.05) is 9.86 Å². The van der Waals surface area contributed by atoms with E-state index in [0.717, 1.165) is 31.9 Å². The van der Waals surface area contributed by atoms with Gasteiger partial charge in [-0.25, -0.2) is 0 Å². The molecule has 0 fully saturated rings. The second-order valence-electron chi connectivity index (χ2n) is 5.34. The summed E-state index contributed by atoms with van der Waals surface area (Å²) < 4.78 is 1.01. The number of aliphatic hydroxyl groups excluding tert-OH is 1. The molecule has 3 aromatic carbocycles. The van der Waals surface area contributed by atoms with Gasteiger partial charge < -0.3 is 10.2 Å². The van der Waals surface area contributed by atoms with E-state index in [2.05, 4.69) is 15.9 Å². The standard InChI is InChI=1S/C19H17BrO2/c1-2-17(21)16-11-18(22)14-5-3-4-6-15(14)19(16)12-7-9-13(20)10-8-12/h3-11,17,21-22H,2H2,1H3. The van der Waals surface area contributed by atoms with Gasteiger partial charge in [-0.15, -0.1) is 0 Å². The van der Waals surface area contributed by atoms with Crippen molar-refractivity contribution in [1.29, 1.82) is 0 Å². The third kappa shape index (κ3) is 2.62. The first-order valence-corrected chi connectivity index (χ1v) is 8.09. The van der Waals surface area contributed by atoms with Crippen molar-refractivity contribution in [2.45, 2.75) is 19.4 Å². The molecule has 3 rings (SSSR count). The van der Waals surface area contributed by atoms with Crippen molar-refractivity contribution >= 4 is 26.7 Å². The van der Waals surface area contributed by atoms with E-state index in [4.69, 9.17) is 0 Å². The van der Waals surface area contributed by atoms with Gasteiger partial charge in [-0.05, 0) is 46.7 Å². The van der Waals surface area contributed by atoms with Crippen LogP contribution in [-0.4, -0.2) is 10.2 Å². The molecule has 112 valence electrons. The zero-order chi connectivity index (χ0) is 15.7. The van der Waals surface area contributed by atoms with E-state index in [0.29, 0.717) is 6.42 Å². The molecular formula is C19H17BrO2. The number of aliphatic hydroxyl groups is 1. The van der Waals surface area contributed by atoms with Crippen molar-refractivity contribution in [3.8, 4) is 16.9 Å². The van der Waals surface area contributed by atoms with Crippen molar-refractivity contribution in [3.63, 3.8) is 0 Å². The van der Waals surface area contributed by atoms with Gasteiger partial charge in [-0.1, -0.05) is 59.3 Å². The summed E-state index contributed by atoms with van der Waals surface area (Å²) in [6.07, 6.45) is -0.00412. The molecule has 2 nitrogen and oxygen atoms in total. The zero-order valence-electron chi connectivity index (χ0n) is 12.3. The Morgan fingerprint density at radius 1 is 1.00 bits per heavy atom. The Labute approximate surface area is 138 Å². The largest absolute Gasteiger partial charge is 0.507 e. The van der Waals surface area contributed by atoms with Crippen molar-refractivity contribution in [3.05, 3.63) is 64.6 Å². The summed E-state index contributed by atoms with van der Waals surface area (Å²) in [5.74, 6) is 0.207. The second kappa shape index (κ2) is 6.11. The van der Waals surface area contributed by atoms with Crippen LogP contribution in [0.15, 0.2) is 59.1 Å². The molecule has 0 radical (unpaired) electrons. The summed E-state index contributed by atoms with van der Waals surface area (Å²) >= 11 is 3.45. The third-order valence-corrected chi connectivity index (χ3v) is 4.46. The smallest absolute Gasteiger partial charge is 0.123 e. The Hall–Kier alpha value is -1.84. The van der Waals surface area contributed by atoms with E-state index >= 15 is 0 Å². The molecule has 0 saturated carbocycles. The Bertz CT molecular complexity index is 810. The Kier molecular flexibility index (Phi) is 4.19. The highest BCUT2D eigenvalue weighted by molar-refractivity contribution is 9.10. The first kappa shape index (κ1) is 15.1. The van der Waals surface area contributed by atoms with Crippen molar-refractivity contribution in [2.24, 2.45) is 0 Å². The molecule has 3 aromatic rings. The van der Waals surface area contributed by atoms with Gasteiger partial charge in [0.15, 0.2) is 0 Å². The maximum absolute atomic E-state index is 10.4. The number of aromatic hydroxyl groups is 1. The van der Waals surface area contributed by atoms with Gasteiger partial charge in [0.25, 0.3) is 0 Å². The highest BCUT2D eigenvalue weighted by atomic mass is 79.9. The molecule has 0 heterocycles. The highest BCUT2D eigenvalue weighted by Crippen LogP contribution is 2.40. The summed E-state index contributed by atoms with van der Waals surface area (Å²) in [6.45, 7) is 1.93. The summed E-state index contributed by atoms with van der Waals surface area (Å²) in [5, 5.41) is 22.4. The maximum atomic E-state index is 10.4. The van der Waals surface area contributed by atoms with Crippen LogP contribution >= 0.6 is 15.9 Å². The summed E-state index contributed by atoms with van der Waals surface area (Å²) in [5.41, 5.74) is 2.78. The number of rotatable bonds is 3. The van der Waals surface area contributed by atoms with E-state index < -0.39 is 6.10 Å². The lowest BCUT2D eigenvalue weighted by Crippen LogP contribution is -1.99. The monoisotopic (exact) mass is 356 g/mol. The number of hydrogen-bond acceptors (Lipinski definition) is 2. The van der Waals surface area contributed by atoms with E-state index in [9.17, 15) is 10.2 Å². The van der Waals surface area contributed by atoms with Crippen LogP contribution in [0.2, 0.25) is 0 Å². The first-order chi connectivity index (χ1) is 10.6. The topological polar surface area (TPSA) is 40.5 Å². The Morgan fingerprint density at radius 3 is 2.27 bits per heavy atom. The van der Waals surface area contributed by atoms with Gasteiger partial charge in [0.2, 0.25) is 0 Å². The van der Waals surface area contributed by atoms with Crippen LogP contribution < -0.4 is 0 Å². The van der Waals surface area contributed by atoms with Crippen molar-refractivity contribution in [1.82, 2.24) is 0 Å². The average Bonchev–Trinajstić information content (AvgIpc) is 2.55. The fraction of sp³-hybridized carbons (Fsp3) is 0.158. The number of fused-ring (bicyclic) bond motifs is 1. The fourth-order valence-corrected chi connectivity index (χ4v) is 3.06. The fourth-order valence-electron chi connectivity index (χ4n) is 2.80. The summed E-state index contributed by atoms with van der Waals surface area (Å²) in [4.78, 5) is 0. The van der Waals surface area contributed by atoms with E-state index in [1.807, 2.05) is 55.5 Å². The van der Waals surface area contributed by atoms with Crippen LogP contribution in [0.5, 0.6) is 5.75 Å². The quantitative estimate of drug-likeness (QED) is 0.657. The minimum atomic E-state index is -0.603. The molecule has 1 atom stereocenters. The van der Waals surface area contributed by atoms with Crippen LogP contribution in [0.1, 0.15) is 25.0 Å². The van der Waals surface area contributed by atoms with Gasteiger partial charge in [0.1, 0.15) is 5.75 Å². The number of benzene rings is 3. The molecule has 3 heteroatoms. The van der Waals surface area contributed by atoms with Crippen molar-refractivity contribution < 1.29 is 10.2 Å². The second-order valence-corrected chi connectivity index (χ2v) is 6.25. The molecule has 0 aliphatic rings. The van der Waals surface area contributed by atoms with E-state index in [1.54, 1.807) is 6.07 Å². The highest BCUT2D eigenvalue weighted by Gasteiger charge is 2.17. The molecule has 0 amide bonds. The number of phenolic OH excluding ortho intramolecular Hbond substituents is 1. The van der Waals surface area contributed by atoms with Crippen LogP contribution in [0.3, 0.4) is 0 Å². The van der Waals surface area contributed by atoms with Gasteiger partial charge in [-0.3, -0.25) is 0 Å². The van der Waals surface area contributed by atoms with Crippen LogP contribution in [0, 0.1) is 0 Å². The predicted octanol–water partition coefficient (Wildman–Crippen LogP) is 5.42. The third-order valence-electron chi connectivity index (χ3n) is 3.93. The number of halogens is 1. The van der Waals surface area contributed by atoms with Gasteiger partial charge in [0.05, 0.1) is 6.10 Å². The number of phenols is 1. The Morgan fingerprint density at radius 2 is 1.64 bits per heavy atom. The zero-order valence-corrected chi connectivity index (χ0v) is 13.8. The Balaban J connectivity index is 2.38. The van der Waals surface area contributed by atoms with E-state index in [1.165, 1.54) is 0 Å². The molecule has 22 heavy (non-hydrogen) atoms. The molecule has 2 N–H and O–H groups in total. The lowest BCUT2D eigenvalue weighted by Gasteiger charge is -2.18. The molecular weight excluding hydrogens is 340 g/mol. The molecule has 1 unspecified atom stereocenters. The number of hydrogen-bond donors (Lipinski definition) is 2. The average molecular weight is 357 g/mol. The minimum Gasteiger partial charge on any atom is -0.507 e. The van der Waals surface area contributed by atoms with Crippen LogP contribution in [0.4, 0.5) is 0 Å². The van der Waals surface area contributed by atoms with Gasteiger partial charge >= 0.3 is 0 Å². The summed E-state index contributed by atoms with van der Waals surface area (Å²) in [7, 11) is 0. The predicted molar refractivity (Wildman–Crippen MR) is 94.0 cm³/mol. The molecule has 0 bridgehead atoms. The molecule has 0 aliphatic heterocycles. The first-order valence-electron chi connectivity index (χ1n) is 7.30. The lowest BCUT2D eigenvalue weighted by atomic mass is 9.89. The van der Waals surface area contributed by atoms with Crippen molar-refractivity contribution in [2.75, 3.05) is 0 Å². The molecule has 0 spiro atoms. The SMILES string of the molecule is CCC(O)c1cc(O)c2ccccc2c1-c1ccc(Br)cc1. The van der Waals surface area contributed by atoms with Crippen LogP contribution in [-0.2, 0) is 0 Å². The summed E-state index contributed by atoms with van der Waals surface area (Å²) in [6, 6.07) is 17.4. The minimum absolute atomic E-state index is 0.207. The normalized spacial score (nSPS) is 12.5. The maximum Gasteiger partial charge on any atom is 0.123 e. The van der Waals surface area contributed by atoms with E-state index in [-0.39, 0.29) is 5.75 Å². The lowest BCUT2D eigenvalue weighted by molar-refractivity contribution is 0.174. The molecule has 0 aliphatic carbocycles. The van der Waals surface area contributed by atoms with Gasteiger partial charge in [-0.2, -0.15) is 0 Å². The molecule has 0 saturated heterocycles.